The fourth-order valence-electron chi connectivity index (χ4n) is 2.57. The summed E-state index contributed by atoms with van der Waals surface area (Å²) >= 11 is 0. The summed E-state index contributed by atoms with van der Waals surface area (Å²) in [6, 6.07) is 0.214. The number of carbonyl (C=O) groups is 1. The Bertz CT molecular complexity index is 439. The average Bonchev–Trinajstić information content (AvgIpc) is 2.69. The topological polar surface area (TPSA) is 54.3 Å². The number of aryl methyl sites for hydroxylation is 1. The Morgan fingerprint density at radius 2 is 2.32 bits per heavy atom. The molecule has 0 aliphatic heterocycles. The van der Waals surface area contributed by atoms with Crippen molar-refractivity contribution >= 4 is 5.91 Å². The van der Waals surface area contributed by atoms with Gasteiger partial charge in [-0.3, -0.25) is 4.79 Å². The number of fused-ring (bicyclic) bond motifs is 1. The monoisotopic (exact) mass is 264 g/mol. The van der Waals surface area contributed by atoms with Gasteiger partial charge >= 0.3 is 0 Å². The highest BCUT2D eigenvalue weighted by molar-refractivity contribution is 5.76. The standard InChI is InChI=1S/C15H24N2O2/c1-3-11(2)16-15(19)10-17-8-12-6-4-5-7-14(18)13(12)9-17/h8-9,11,14,18H,3-7,10H2,1-2H3,(H,16,19). The van der Waals surface area contributed by atoms with Crippen LogP contribution in [0.15, 0.2) is 12.4 Å². The zero-order valence-electron chi connectivity index (χ0n) is 11.9. The number of aromatic nitrogens is 1. The molecule has 4 heteroatoms. The summed E-state index contributed by atoms with van der Waals surface area (Å²) in [7, 11) is 0. The summed E-state index contributed by atoms with van der Waals surface area (Å²) in [4.78, 5) is 11.8. The van der Waals surface area contributed by atoms with Gasteiger partial charge in [-0.1, -0.05) is 13.3 Å². The Balaban J connectivity index is 2.02. The Kier molecular flexibility index (Phi) is 4.64. The van der Waals surface area contributed by atoms with E-state index in [0.29, 0.717) is 6.54 Å². The van der Waals surface area contributed by atoms with Crippen molar-refractivity contribution in [3.8, 4) is 0 Å². The van der Waals surface area contributed by atoms with Gasteiger partial charge in [-0.2, -0.15) is 0 Å². The molecule has 1 heterocycles. The van der Waals surface area contributed by atoms with Crippen LogP contribution in [0.1, 0.15) is 56.8 Å². The van der Waals surface area contributed by atoms with Crippen molar-refractivity contribution in [2.45, 2.75) is 64.6 Å². The Labute approximate surface area is 114 Å². The molecule has 0 saturated heterocycles. The number of hydrogen-bond acceptors (Lipinski definition) is 2. The first-order valence-corrected chi connectivity index (χ1v) is 7.26. The van der Waals surface area contributed by atoms with Crippen molar-refractivity contribution in [3.63, 3.8) is 0 Å². The maximum absolute atomic E-state index is 11.8. The molecule has 2 atom stereocenters. The van der Waals surface area contributed by atoms with Crippen LogP contribution >= 0.6 is 0 Å². The van der Waals surface area contributed by atoms with E-state index >= 15 is 0 Å². The SMILES string of the molecule is CCC(C)NC(=O)Cn1cc2c(c1)C(O)CCCC2. The van der Waals surface area contributed by atoms with Crippen LogP contribution in [0.3, 0.4) is 0 Å². The number of rotatable bonds is 4. The van der Waals surface area contributed by atoms with Gasteiger partial charge in [0.25, 0.3) is 0 Å². The van der Waals surface area contributed by atoms with Crippen LogP contribution in [0.25, 0.3) is 0 Å². The molecule has 0 spiro atoms. The highest BCUT2D eigenvalue weighted by Crippen LogP contribution is 2.29. The van der Waals surface area contributed by atoms with E-state index in [4.69, 9.17) is 0 Å². The van der Waals surface area contributed by atoms with E-state index in [2.05, 4.69) is 12.2 Å². The maximum Gasteiger partial charge on any atom is 0.240 e. The highest BCUT2D eigenvalue weighted by Gasteiger charge is 2.19. The number of nitrogens with one attached hydrogen (secondary N) is 1. The molecule has 0 radical (unpaired) electrons. The van der Waals surface area contributed by atoms with Crippen LogP contribution in [0.4, 0.5) is 0 Å². The third kappa shape index (κ3) is 3.60. The molecule has 0 saturated carbocycles. The van der Waals surface area contributed by atoms with Gasteiger partial charge in [0.15, 0.2) is 0 Å². The van der Waals surface area contributed by atoms with Crippen LogP contribution in [0.5, 0.6) is 0 Å². The van der Waals surface area contributed by atoms with Gasteiger partial charge in [0.05, 0.1) is 6.10 Å². The van der Waals surface area contributed by atoms with E-state index in [-0.39, 0.29) is 18.1 Å². The molecule has 1 aliphatic rings. The van der Waals surface area contributed by atoms with Gasteiger partial charge in [-0.15, -0.1) is 0 Å². The third-order valence-corrected chi connectivity index (χ3v) is 3.88. The lowest BCUT2D eigenvalue weighted by atomic mass is 10.1. The van der Waals surface area contributed by atoms with Crippen LogP contribution in [0.2, 0.25) is 0 Å². The molecule has 1 aromatic heterocycles. The fraction of sp³-hybridized carbons (Fsp3) is 0.667. The first-order chi connectivity index (χ1) is 9.10. The summed E-state index contributed by atoms with van der Waals surface area (Å²) in [6.07, 6.45) is 8.55. The summed E-state index contributed by atoms with van der Waals surface area (Å²) < 4.78 is 1.90. The molecular weight excluding hydrogens is 240 g/mol. The summed E-state index contributed by atoms with van der Waals surface area (Å²) in [5.41, 5.74) is 2.20. The molecule has 0 bridgehead atoms. The first-order valence-electron chi connectivity index (χ1n) is 7.26. The Morgan fingerprint density at radius 3 is 3.05 bits per heavy atom. The minimum Gasteiger partial charge on any atom is -0.388 e. The second kappa shape index (κ2) is 6.24. The van der Waals surface area contributed by atoms with E-state index < -0.39 is 0 Å². The van der Waals surface area contributed by atoms with Crippen molar-refractivity contribution in [2.75, 3.05) is 0 Å². The molecule has 0 fully saturated rings. The molecule has 1 aromatic rings. The van der Waals surface area contributed by atoms with E-state index in [0.717, 1.165) is 37.7 Å². The van der Waals surface area contributed by atoms with Gasteiger partial charge in [-0.25, -0.2) is 0 Å². The van der Waals surface area contributed by atoms with Crippen molar-refractivity contribution in [2.24, 2.45) is 0 Å². The third-order valence-electron chi connectivity index (χ3n) is 3.88. The molecule has 106 valence electrons. The van der Waals surface area contributed by atoms with Crippen LogP contribution in [-0.2, 0) is 17.8 Å². The van der Waals surface area contributed by atoms with Gasteiger partial charge in [0.1, 0.15) is 6.54 Å². The number of aliphatic hydroxyl groups excluding tert-OH is 1. The molecule has 0 aromatic carbocycles. The quantitative estimate of drug-likeness (QED) is 0.819. The largest absolute Gasteiger partial charge is 0.388 e. The van der Waals surface area contributed by atoms with Gasteiger partial charge in [0, 0.05) is 24.0 Å². The molecule has 1 amide bonds. The van der Waals surface area contributed by atoms with Crippen molar-refractivity contribution in [1.82, 2.24) is 9.88 Å². The number of nitrogens with zero attached hydrogens (tertiary/aromatic N) is 1. The summed E-state index contributed by atoms with van der Waals surface area (Å²) in [5.74, 6) is 0.0361. The zero-order chi connectivity index (χ0) is 13.8. The number of amides is 1. The Hall–Kier alpha value is -1.29. The summed E-state index contributed by atoms with van der Waals surface area (Å²) in [5, 5.41) is 13.0. The molecule has 2 rings (SSSR count). The lowest BCUT2D eigenvalue weighted by Gasteiger charge is -2.11. The average molecular weight is 264 g/mol. The summed E-state index contributed by atoms with van der Waals surface area (Å²) in [6.45, 7) is 4.40. The lowest BCUT2D eigenvalue weighted by Crippen LogP contribution is -2.34. The first kappa shape index (κ1) is 14.1. The van der Waals surface area contributed by atoms with Crippen molar-refractivity contribution in [3.05, 3.63) is 23.5 Å². The van der Waals surface area contributed by atoms with E-state index in [1.54, 1.807) is 0 Å². The molecule has 19 heavy (non-hydrogen) atoms. The highest BCUT2D eigenvalue weighted by atomic mass is 16.3. The van der Waals surface area contributed by atoms with Gasteiger partial charge in [0.2, 0.25) is 5.91 Å². The van der Waals surface area contributed by atoms with Crippen LogP contribution in [0, 0.1) is 0 Å². The second-order valence-corrected chi connectivity index (χ2v) is 5.55. The van der Waals surface area contributed by atoms with Gasteiger partial charge in [-0.05, 0) is 38.2 Å². The van der Waals surface area contributed by atoms with Crippen molar-refractivity contribution in [1.29, 1.82) is 0 Å². The molecule has 2 N–H and O–H groups in total. The van der Waals surface area contributed by atoms with E-state index in [9.17, 15) is 9.90 Å². The normalized spacial score (nSPS) is 20.5. The zero-order valence-corrected chi connectivity index (χ0v) is 11.9. The minimum absolute atomic E-state index is 0.0361. The Morgan fingerprint density at radius 1 is 1.53 bits per heavy atom. The predicted molar refractivity (Wildman–Crippen MR) is 74.8 cm³/mol. The number of hydrogen-bond donors (Lipinski definition) is 2. The number of aliphatic hydroxyl groups is 1. The van der Waals surface area contributed by atoms with E-state index in [1.807, 2.05) is 23.9 Å². The predicted octanol–water partition coefficient (Wildman–Crippen LogP) is 2.16. The second-order valence-electron chi connectivity index (χ2n) is 5.55. The fourth-order valence-corrected chi connectivity index (χ4v) is 2.57. The smallest absolute Gasteiger partial charge is 0.240 e. The molecule has 4 nitrogen and oxygen atoms in total. The number of carbonyl (C=O) groups excluding carboxylic acids is 1. The van der Waals surface area contributed by atoms with Gasteiger partial charge < -0.3 is 15.0 Å². The van der Waals surface area contributed by atoms with Crippen LogP contribution in [-0.4, -0.2) is 21.6 Å². The molecule has 2 unspecified atom stereocenters. The molecular formula is C15H24N2O2. The van der Waals surface area contributed by atoms with Crippen LogP contribution < -0.4 is 5.32 Å². The minimum atomic E-state index is -0.364. The molecule has 1 aliphatic carbocycles. The van der Waals surface area contributed by atoms with E-state index in [1.165, 1.54) is 5.56 Å². The maximum atomic E-state index is 11.8. The lowest BCUT2D eigenvalue weighted by molar-refractivity contribution is -0.122. The van der Waals surface area contributed by atoms with Crippen molar-refractivity contribution < 1.29 is 9.90 Å².